The molecule has 0 atom stereocenters. The van der Waals surface area contributed by atoms with Crippen molar-refractivity contribution in [1.29, 1.82) is 0 Å². The number of hydrogen-bond donors (Lipinski definition) is 3. The van der Waals surface area contributed by atoms with Crippen LogP contribution in [0.3, 0.4) is 0 Å². The first kappa shape index (κ1) is 13.0. The van der Waals surface area contributed by atoms with E-state index in [1.165, 1.54) is 0 Å². The van der Waals surface area contributed by atoms with Gasteiger partial charge in [0.25, 0.3) is 0 Å². The highest BCUT2D eigenvalue weighted by molar-refractivity contribution is 5.46. The molecular formula is C11H15F2N3O2. The minimum Gasteiger partial charge on any atom is -0.394 e. The predicted molar refractivity (Wildman–Crippen MR) is 62.1 cm³/mol. The quantitative estimate of drug-likeness (QED) is 0.751. The lowest BCUT2D eigenvalue weighted by atomic mass is 9.91. The van der Waals surface area contributed by atoms with Crippen molar-refractivity contribution >= 4 is 11.6 Å². The van der Waals surface area contributed by atoms with Gasteiger partial charge in [-0.2, -0.15) is 0 Å². The summed E-state index contributed by atoms with van der Waals surface area (Å²) in [5, 5.41) is 12.3. The van der Waals surface area contributed by atoms with E-state index in [4.69, 9.17) is 10.5 Å². The summed E-state index contributed by atoms with van der Waals surface area (Å²) in [5.41, 5.74) is 4.60. The number of aliphatic hydroxyl groups excluding tert-OH is 1. The number of nitrogens with two attached hydrogens (primary N) is 1. The van der Waals surface area contributed by atoms with E-state index >= 15 is 0 Å². The van der Waals surface area contributed by atoms with Gasteiger partial charge < -0.3 is 20.9 Å². The number of aliphatic hydroxyl groups is 1. The van der Waals surface area contributed by atoms with Gasteiger partial charge in [0.05, 0.1) is 12.1 Å². The lowest BCUT2D eigenvalue weighted by Crippen LogP contribution is -2.47. The third-order valence-electron chi connectivity index (χ3n) is 3.09. The molecule has 0 aromatic carbocycles. The number of aromatic nitrogens is 1. The summed E-state index contributed by atoms with van der Waals surface area (Å²) in [6.45, 7) is 0.743. The van der Waals surface area contributed by atoms with Crippen LogP contribution in [-0.4, -0.2) is 35.5 Å². The van der Waals surface area contributed by atoms with Crippen LogP contribution in [0.5, 0.6) is 0 Å². The van der Waals surface area contributed by atoms with E-state index in [0.29, 0.717) is 32.1 Å². The molecule has 5 nitrogen and oxygen atoms in total. The Morgan fingerprint density at radius 2 is 2.06 bits per heavy atom. The number of ether oxygens (including phenoxy) is 1. The van der Waals surface area contributed by atoms with Crippen LogP contribution >= 0.6 is 0 Å². The highest BCUT2D eigenvalue weighted by atomic mass is 19.1. The van der Waals surface area contributed by atoms with Crippen molar-refractivity contribution < 1.29 is 18.6 Å². The Balaban J connectivity index is 2.24. The first-order valence-corrected chi connectivity index (χ1v) is 5.65. The lowest BCUT2D eigenvalue weighted by Gasteiger charge is -2.36. The van der Waals surface area contributed by atoms with E-state index < -0.39 is 17.2 Å². The maximum atomic E-state index is 13.6. The second kappa shape index (κ2) is 5.03. The second-order valence-corrected chi connectivity index (χ2v) is 4.36. The number of nitrogen functional groups attached to an aromatic ring is 1. The SMILES string of the molecule is Nc1nc(NC2(CO)CCOCC2)c(F)cc1F. The number of pyridine rings is 1. The summed E-state index contributed by atoms with van der Waals surface area (Å²) < 4.78 is 31.7. The first-order chi connectivity index (χ1) is 8.56. The van der Waals surface area contributed by atoms with Gasteiger partial charge in [-0.15, -0.1) is 0 Å². The fourth-order valence-corrected chi connectivity index (χ4v) is 1.90. The molecule has 0 saturated carbocycles. The fraction of sp³-hybridized carbons (Fsp3) is 0.545. The van der Waals surface area contributed by atoms with Crippen LogP contribution in [0.4, 0.5) is 20.4 Å². The molecule has 1 saturated heterocycles. The van der Waals surface area contributed by atoms with Crippen molar-refractivity contribution in [1.82, 2.24) is 4.98 Å². The number of halogens is 2. The zero-order valence-corrected chi connectivity index (χ0v) is 9.75. The third-order valence-corrected chi connectivity index (χ3v) is 3.09. The van der Waals surface area contributed by atoms with Crippen LogP contribution in [0, 0.1) is 11.6 Å². The molecule has 0 aliphatic carbocycles. The van der Waals surface area contributed by atoms with Gasteiger partial charge in [-0.05, 0) is 12.8 Å². The first-order valence-electron chi connectivity index (χ1n) is 5.65. The number of rotatable bonds is 3. The summed E-state index contributed by atoms with van der Waals surface area (Å²) >= 11 is 0. The van der Waals surface area contributed by atoms with Crippen LogP contribution in [0.1, 0.15) is 12.8 Å². The van der Waals surface area contributed by atoms with Gasteiger partial charge >= 0.3 is 0 Å². The van der Waals surface area contributed by atoms with E-state index in [-0.39, 0.29) is 18.2 Å². The number of anilines is 2. The van der Waals surface area contributed by atoms with Gasteiger partial charge in [-0.1, -0.05) is 0 Å². The zero-order chi connectivity index (χ0) is 13.2. The minimum absolute atomic E-state index is 0.148. The molecule has 1 aromatic heterocycles. The van der Waals surface area contributed by atoms with E-state index in [1.54, 1.807) is 0 Å². The molecule has 1 fully saturated rings. The number of nitrogens with one attached hydrogen (secondary N) is 1. The third kappa shape index (κ3) is 2.51. The average molecular weight is 259 g/mol. The molecule has 7 heteroatoms. The van der Waals surface area contributed by atoms with Crippen LogP contribution in [0.2, 0.25) is 0 Å². The van der Waals surface area contributed by atoms with Crippen LogP contribution in [-0.2, 0) is 4.74 Å². The van der Waals surface area contributed by atoms with Gasteiger partial charge in [0.1, 0.15) is 0 Å². The Kier molecular flexibility index (Phi) is 3.63. The van der Waals surface area contributed by atoms with E-state index in [9.17, 15) is 13.9 Å². The molecule has 4 N–H and O–H groups in total. The minimum atomic E-state index is -0.900. The molecule has 2 rings (SSSR count). The normalized spacial score (nSPS) is 18.6. The average Bonchev–Trinajstić information content (AvgIpc) is 2.37. The van der Waals surface area contributed by atoms with Gasteiger partial charge in [0, 0.05) is 19.3 Å². The fourth-order valence-electron chi connectivity index (χ4n) is 1.90. The largest absolute Gasteiger partial charge is 0.394 e. The maximum absolute atomic E-state index is 13.6. The van der Waals surface area contributed by atoms with E-state index in [1.807, 2.05) is 0 Å². The van der Waals surface area contributed by atoms with Crippen molar-refractivity contribution in [2.24, 2.45) is 0 Å². The number of hydrogen-bond acceptors (Lipinski definition) is 5. The Bertz CT molecular complexity index is 437. The Hall–Kier alpha value is -1.47. The molecule has 0 unspecified atom stereocenters. The Morgan fingerprint density at radius 1 is 1.39 bits per heavy atom. The summed E-state index contributed by atoms with van der Waals surface area (Å²) in [4.78, 5) is 3.62. The smallest absolute Gasteiger partial charge is 0.168 e. The van der Waals surface area contributed by atoms with Crippen molar-refractivity contribution in [3.63, 3.8) is 0 Å². The molecule has 0 radical (unpaired) electrons. The molecule has 1 aromatic rings. The monoisotopic (exact) mass is 259 g/mol. The standard InChI is InChI=1S/C11H15F2N3O2/c12-7-5-8(13)10(15-9(7)14)16-11(6-17)1-3-18-4-2-11/h5,17H,1-4,6H2,(H3,14,15,16). The topological polar surface area (TPSA) is 80.4 Å². The van der Waals surface area contributed by atoms with E-state index in [2.05, 4.69) is 10.3 Å². The van der Waals surface area contributed by atoms with Crippen molar-refractivity contribution in [2.75, 3.05) is 30.9 Å². The Morgan fingerprint density at radius 3 is 2.67 bits per heavy atom. The van der Waals surface area contributed by atoms with Crippen molar-refractivity contribution in [3.05, 3.63) is 17.7 Å². The van der Waals surface area contributed by atoms with Crippen LogP contribution < -0.4 is 11.1 Å². The van der Waals surface area contributed by atoms with Crippen molar-refractivity contribution in [3.8, 4) is 0 Å². The summed E-state index contributed by atoms with van der Waals surface area (Å²) in [6, 6.07) is 0.676. The molecule has 2 heterocycles. The molecular weight excluding hydrogens is 244 g/mol. The van der Waals surface area contributed by atoms with Gasteiger partial charge in [0.2, 0.25) is 0 Å². The van der Waals surface area contributed by atoms with Crippen molar-refractivity contribution in [2.45, 2.75) is 18.4 Å². The zero-order valence-electron chi connectivity index (χ0n) is 9.75. The summed E-state index contributed by atoms with van der Waals surface area (Å²) in [5.74, 6) is -2.26. The molecule has 1 aliphatic heterocycles. The highest BCUT2D eigenvalue weighted by Crippen LogP contribution is 2.27. The highest BCUT2D eigenvalue weighted by Gasteiger charge is 2.33. The molecule has 18 heavy (non-hydrogen) atoms. The molecule has 1 aliphatic rings. The van der Waals surface area contributed by atoms with Gasteiger partial charge in [-0.3, -0.25) is 0 Å². The molecule has 100 valence electrons. The predicted octanol–water partition coefficient (Wildman–Crippen LogP) is 0.895. The maximum Gasteiger partial charge on any atom is 0.168 e. The molecule has 0 amide bonds. The summed E-state index contributed by atoms with van der Waals surface area (Å²) in [6.07, 6.45) is 1.03. The lowest BCUT2D eigenvalue weighted by molar-refractivity contribution is 0.0377. The molecule has 0 bridgehead atoms. The van der Waals surface area contributed by atoms with E-state index in [0.717, 1.165) is 0 Å². The molecule has 0 spiro atoms. The second-order valence-electron chi connectivity index (χ2n) is 4.36. The number of nitrogens with zero attached hydrogens (tertiary/aromatic N) is 1. The van der Waals surface area contributed by atoms with Gasteiger partial charge in [-0.25, -0.2) is 13.8 Å². The van der Waals surface area contributed by atoms with Gasteiger partial charge in [0.15, 0.2) is 23.3 Å². The summed E-state index contributed by atoms with van der Waals surface area (Å²) in [7, 11) is 0. The van der Waals surface area contributed by atoms with Crippen LogP contribution in [0.25, 0.3) is 0 Å². The Labute approximate surface area is 103 Å². The van der Waals surface area contributed by atoms with Crippen LogP contribution in [0.15, 0.2) is 6.07 Å².